The number of anilines is 2. The lowest BCUT2D eigenvalue weighted by molar-refractivity contribution is 0.0635. The number of halogens is 1. The standard InChI is InChI=1S/C24H21ClN4O4S/c1-24(2,3)33-23(32)29-22-28-20-17(13-5-4-6-15(25)9-13)10-14(11-18(20)34-22)21(31)27-16-7-8-19(30)26-12-16/h4-12H,1-3H3,(H,26,30)(H,27,31)(H,28,29,32). The summed E-state index contributed by atoms with van der Waals surface area (Å²) in [6.45, 7) is 5.32. The Balaban J connectivity index is 1.75. The maximum Gasteiger partial charge on any atom is 0.413 e. The zero-order valence-corrected chi connectivity index (χ0v) is 20.1. The van der Waals surface area contributed by atoms with Crippen LogP contribution >= 0.6 is 22.9 Å². The van der Waals surface area contributed by atoms with E-state index in [1.54, 1.807) is 45.0 Å². The van der Waals surface area contributed by atoms with E-state index in [0.29, 0.717) is 37.2 Å². The van der Waals surface area contributed by atoms with E-state index in [4.69, 9.17) is 16.3 Å². The van der Waals surface area contributed by atoms with Gasteiger partial charge in [-0.3, -0.25) is 14.9 Å². The van der Waals surface area contributed by atoms with E-state index >= 15 is 0 Å². The minimum Gasteiger partial charge on any atom is -0.444 e. The predicted molar refractivity (Wildman–Crippen MR) is 135 cm³/mol. The molecule has 0 unspecified atom stereocenters. The van der Waals surface area contributed by atoms with Crippen LogP contribution in [0, 0.1) is 0 Å². The molecule has 0 saturated heterocycles. The average molecular weight is 497 g/mol. The Morgan fingerprint density at radius 2 is 1.88 bits per heavy atom. The monoisotopic (exact) mass is 496 g/mol. The van der Waals surface area contributed by atoms with Gasteiger partial charge in [0.25, 0.3) is 5.91 Å². The first-order valence-corrected chi connectivity index (χ1v) is 11.5. The largest absolute Gasteiger partial charge is 0.444 e. The van der Waals surface area contributed by atoms with Gasteiger partial charge in [-0.05, 0) is 56.7 Å². The zero-order valence-electron chi connectivity index (χ0n) is 18.6. The molecule has 0 aliphatic heterocycles. The number of aromatic amines is 1. The molecule has 2 aromatic heterocycles. The fourth-order valence-electron chi connectivity index (χ4n) is 3.17. The highest BCUT2D eigenvalue weighted by molar-refractivity contribution is 7.22. The lowest BCUT2D eigenvalue weighted by Crippen LogP contribution is -2.27. The van der Waals surface area contributed by atoms with Crippen molar-refractivity contribution in [1.82, 2.24) is 9.97 Å². The third kappa shape index (κ3) is 5.62. The van der Waals surface area contributed by atoms with E-state index in [-0.39, 0.29) is 11.5 Å². The lowest BCUT2D eigenvalue weighted by Gasteiger charge is -2.18. The Hall–Kier alpha value is -3.69. The second-order valence-electron chi connectivity index (χ2n) is 8.42. The van der Waals surface area contributed by atoms with Gasteiger partial charge < -0.3 is 15.0 Å². The number of benzene rings is 2. The molecule has 0 bridgehead atoms. The van der Waals surface area contributed by atoms with Crippen molar-refractivity contribution < 1.29 is 14.3 Å². The van der Waals surface area contributed by atoms with Crippen LogP contribution in [0.5, 0.6) is 0 Å². The number of carbonyl (C=O) groups is 2. The van der Waals surface area contributed by atoms with Gasteiger partial charge in [-0.15, -0.1) is 0 Å². The Kier molecular flexibility index (Phi) is 6.41. The molecule has 8 nitrogen and oxygen atoms in total. The van der Waals surface area contributed by atoms with E-state index in [2.05, 4.69) is 20.6 Å². The Labute approximate surface area is 203 Å². The molecular weight excluding hydrogens is 476 g/mol. The molecule has 4 rings (SSSR count). The van der Waals surface area contributed by atoms with Crippen LogP contribution in [0.2, 0.25) is 5.02 Å². The fourth-order valence-corrected chi connectivity index (χ4v) is 4.28. The molecule has 10 heteroatoms. The van der Waals surface area contributed by atoms with Gasteiger partial charge in [-0.2, -0.15) is 0 Å². The summed E-state index contributed by atoms with van der Waals surface area (Å²) in [4.78, 5) is 43.6. The zero-order chi connectivity index (χ0) is 24.5. The van der Waals surface area contributed by atoms with Crippen LogP contribution in [0.1, 0.15) is 31.1 Å². The third-order valence-corrected chi connectivity index (χ3v) is 5.70. The molecule has 2 amide bonds. The molecule has 4 aromatic rings. The van der Waals surface area contributed by atoms with E-state index in [0.717, 1.165) is 5.56 Å². The van der Waals surface area contributed by atoms with Crippen LogP contribution in [-0.2, 0) is 4.74 Å². The number of ether oxygens (including phenoxy) is 1. The number of hydrogen-bond acceptors (Lipinski definition) is 6. The molecule has 2 aromatic carbocycles. The number of H-pyrrole nitrogens is 1. The number of thiazole rings is 1. The van der Waals surface area contributed by atoms with Gasteiger partial charge >= 0.3 is 6.09 Å². The number of hydrogen-bond donors (Lipinski definition) is 3. The van der Waals surface area contributed by atoms with Crippen molar-refractivity contribution in [2.24, 2.45) is 0 Å². The molecule has 0 aliphatic rings. The predicted octanol–water partition coefficient (Wildman–Crippen LogP) is 5.90. The number of nitrogens with zero attached hydrogens (tertiary/aromatic N) is 1. The lowest BCUT2D eigenvalue weighted by atomic mass is 10.0. The highest BCUT2D eigenvalue weighted by Crippen LogP contribution is 2.36. The van der Waals surface area contributed by atoms with Gasteiger partial charge in [0.2, 0.25) is 5.56 Å². The Morgan fingerprint density at radius 1 is 1.09 bits per heavy atom. The number of carbonyl (C=O) groups excluding carboxylic acids is 2. The third-order valence-electron chi connectivity index (χ3n) is 4.54. The van der Waals surface area contributed by atoms with Gasteiger partial charge in [0.1, 0.15) is 5.60 Å². The van der Waals surface area contributed by atoms with Crippen LogP contribution in [0.4, 0.5) is 15.6 Å². The normalized spacial score (nSPS) is 11.3. The van der Waals surface area contributed by atoms with Crippen molar-refractivity contribution in [3.05, 3.63) is 75.7 Å². The van der Waals surface area contributed by atoms with Gasteiger partial charge in [0.15, 0.2) is 5.13 Å². The van der Waals surface area contributed by atoms with Gasteiger partial charge in [0, 0.05) is 28.4 Å². The number of fused-ring (bicyclic) bond motifs is 1. The van der Waals surface area contributed by atoms with E-state index < -0.39 is 11.7 Å². The minimum absolute atomic E-state index is 0.266. The smallest absolute Gasteiger partial charge is 0.413 e. The SMILES string of the molecule is CC(C)(C)OC(=O)Nc1nc2c(-c3cccc(Cl)c3)cc(C(=O)Nc3ccc(=O)[nH]c3)cc2s1. The van der Waals surface area contributed by atoms with Crippen LogP contribution in [-0.4, -0.2) is 27.6 Å². The molecule has 2 heterocycles. The van der Waals surface area contributed by atoms with Crippen LogP contribution in [0.3, 0.4) is 0 Å². The molecule has 0 atom stereocenters. The number of pyridine rings is 1. The van der Waals surface area contributed by atoms with E-state index in [1.807, 2.05) is 12.1 Å². The van der Waals surface area contributed by atoms with Gasteiger partial charge in [-0.1, -0.05) is 35.1 Å². The number of aromatic nitrogens is 2. The molecule has 0 aliphatic carbocycles. The van der Waals surface area contributed by atoms with Crippen molar-refractivity contribution in [2.45, 2.75) is 26.4 Å². The van der Waals surface area contributed by atoms with Crippen molar-refractivity contribution in [1.29, 1.82) is 0 Å². The van der Waals surface area contributed by atoms with Crippen molar-refractivity contribution in [3.8, 4) is 11.1 Å². The summed E-state index contributed by atoms with van der Waals surface area (Å²) in [5.74, 6) is -0.368. The highest BCUT2D eigenvalue weighted by atomic mass is 35.5. The number of amides is 2. The molecule has 3 N–H and O–H groups in total. The molecule has 0 fully saturated rings. The highest BCUT2D eigenvalue weighted by Gasteiger charge is 2.20. The molecular formula is C24H21ClN4O4S. The maximum absolute atomic E-state index is 13.0. The molecule has 174 valence electrons. The van der Waals surface area contributed by atoms with Gasteiger partial charge in [-0.25, -0.2) is 9.78 Å². The van der Waals surface area contributed by atoms with Crippen molar-refractivity contribution in [3.63, 3.8) is 0 Å². The average Bonchev–Trinajstić information content (AvgIpc) is 3.15. The van der Waals surface area contributed by atoms with Crippen molar-refractivity contribution in [2.75, 3.05) is 10.6 Å². The van der Waals surface area contributed by atoms with Gasteiger partial charge in [0.05, 0.1) is 15.9 Å². The summed E-state index contributed by atoms with van der Waals surface area (Å²) in [6.07, 6.45) is 0.804. The summed E-state index contributed by atoms with van der Waals surface area (Å²) in [6, 6.07) is 13.5. The summed E-state index contributed by atoms with van der Waals surface area (Å²) >= 11 is 7.43. The van der Waals surface area contributed by atoms with E-state index in [9.17, 15) is 14.4 Å². The molecule has 0 spiro atoms. The Bertz CT molecular complexity index is 1440. The van der Waals surface area contributed by atoms with Crippen molar-refractivity contribution >= 4 is 56.0 Å². The quantitative estimate of drug-likeness (QED) is 0.325. The summed E-state index contributed by atoms with van der Waals surface area (Å²) in [5, 5.41) is 6.30. The van der Waals surface area contributed by atoms with Crippen LogP contribution in [0.15, 0.2) is 59.5 Å². The second kappa shape index (κ2) is 9.28. The number of rotatable bonds is 4. The first-order valence-electron chi connectivity index (χ1n) is 10.3. The summed E-state index contributed by atoms with van der Waals surface area (Å²) < 4.78 is 6.00. The first-order chi connectivity index (χ1) is 16.1. The topological polar surface area (TPSA) is 113 Å². The van der Waals surface area contributed by atoms with Crippen LogP contribution in [0.25, 0.3) is 21.3 Å². The fraction of sp³-hybridized carbons (Fsp3) is 0.167. The first kappa shape index (κ1) is 23.5. The van der Waals surface area contributed by atoms with Crippen LogP contribution < -0.4 is 16.2 Å². The maximum atomic E-state index is 13.0. The molecule has 0 radical (unpaired) electrons. The second-order valence-corrected chi connectivity index (χ2v) is 9.89. The Morgan fingerprint density at radius 3 is 2.56 bits per heavy atom. The molecule has 0 saturated carbocycles. The minimum atomic E-state index is -0.653. The summed E-state index contributed by atoms with van der Waals surface area (Å²) in [5.41, 5.74) is 1.97. The van der Waals surface area contributed by atoms with E-state index in [1.165, 1.54) is 29.7 Å². The number of nitrogens with one attached hydrogen (secondary N) is 3. The summed E-state index contributed by atoms with van der Waals surface area (Å²) in [7, 11) is 0. The molecule has 34 heavy (non-hydrogen) atoms.